The van der Waals surface area contributed by atoms with Crippen LogP contribution in [0.2, 0.25) is 0 Å². The monoisotopic (exact) mass is 485 g/mol. The van der Waals surface area contributed by atoms with Crippen LogP contribution in [0.25, 0.3) is 10.9 Å². The number of carbonyl (C=O) groups excluding carboxylic acids is 1. The first-order valence-electron chi connectivity index (χ1n) is 11.2. The molecule has 0 fully saturated rings. The molecule has 5 N–H and O–H groups in total. The normalized spacial score (nSPS) is 11.7. The third kappa shape index (κ3) is 7.36. The van der Waals surface area contributed by atoms with Crippen LogP contribution in [0.3, 0.4) is 0 Å². The predicted molar refractivity (Wildman–Crippen MR) is 131 cm³/mol. The Morgan fingerprint density at radius 2 is 1.77 bits per heavy atom. The van der Waals surface area contributed by atoms with E-state index in [1.54, 1.807) is 32.4 Å². The molecule has 0 bridgehead atoms. The maximum absolute atomic E-state index is 11.8. The van der Waals surface area contributed by atoms with Crippen molar-refractivity contribution in [3.05, 3.63) is 58.4 Å². The number of hydrogen-bond acceptors (Lipinski definition) is 8. The lowest BCUT2D eigenvalue weighted by atomic mass is 10.1. The molecular weight excluding hydrogens is 454 g/mol. The zero-order valence-electron chi connectivity index (χ0n) is 19.8. The van der Waals surface area contributed by atoms with Crippen molar-refractivity contribution in [2.45, 2.75) is 18.9 Å². The maximum atomic E-state index is 11.8. The van der Waals surface area contributed by atoms with E-state index in [0.29, 0.717) is 47.0 Å². The van der Waals surface area contributed by atoms with Crippen LogP contribution in [0.5, 0.6) is 23.0 Å². The molecule has 1 amide bonds. The molecule has 1 heterocycles. The molecule has 10 nitrogen and oxygen atoms in total. The zero-order valence-corrected chi connectivity index (χ0v) is 19.8. The van der Waals surface area contributed by atoms with E-state index in [-0.39, 0.29) is 25.2 Å². The number of aromatic amines is 1. The lowest BCUT2D eigenvalue weighted by Crippen LogP contribution is -2.32. The number of primary amides is 1. The Morgan fingerprint density at radius 1 is 1.03 bits per heavy atom. The number of aliphatic hydroxyl groups excluding tert-OH is 1. The summed E-state index contributed by atoms with van der Waals surface area (Å²) in [5.41, 5.74) is 6.38. The van der Waals surface area contributed by atoms with Gasteiger partial charge in [0.25, 0.3) is 0 Å². The number of rotatable bonds is 14. The van der Waals surface area contributed by atoms with Gasteiger partial charge in [0, 0.05) is 18.0 Å². The van der Waals surface area contributed by atoms with Gasteiger partial charge in [-0.3, -0.25) is 9.59 Å². The molecule has 1 atom stereocenters. The van der Waals surface area contributed by atoms with Crippen LogP contribution < -0.4 is 35.6 Å². The van der Waals surface area contributed by atoms with E-state index < -0.39 is 12.0 Å². The van der Waals surface area contributed by atoms with Gasteiger partial charge in [-0.15, -0.1) is 0 Å². The summed E-state index contributed by atoms with van der Waals surface area (Å²) in [5, 5.41) is 14.2. The Morgan fingerprint density at radius 3 is 2.51 bits per heavy atom. The van der Waals surface area contributed by atoms with Gasteiger partial charge < -0.3 is 40.1 Å². The number of ether oxygens (including phenoxy) is 4. The standard InChI is InChI=1S/C25H31N3O7/c1-32-20-5-3-16(13-22(20)33-2)9-11-27-14-17(29)15-35-19-6-7-21(34-12-10-23(26)30)25-18(19)4-8-24(31)28-25/h3-8,13,17,27,29H,9-12,14-15H2,1-2H3,(H2,26,30)(H,28,31). The summed E-state index contributed by atoms with van der Waals surface area (Å²) in [6.45, 7) is 1.15. The summed E-state index contributed by atoms with van der Waals surface area (Å²) in [6, 6.07) is 12.1. The van der Waals surface area contributed by atoms with E-state index in [2.05, 4.69) is 10.3 Å². The third-order valence-electron chi connectivity index (χ3n) is 5.27. The summed E-state index contributed by atoms with van der Waals surface area (Å²) in [4.78, 5) is 25.5. The lowest BCUT2D eigenvalue weighted by molar-refractivity contribution is -0.118. The molecule has 188 valence electrons. The first-order chi connectivity index (χ1) is 16.9. The Kier molecular flexibility index (Phi) is 9.33. The molecule has 3 aromatic rings. The van der Waals surface area contributed by atoms with Gasteiger partial charge in [0.1, 0.15) is 24.2 Å². The third-order valence-corrected chi connectivity index (χ3v) is 5.27. The van der Waals surface area contributed by atoms with Crippen molar-refractivity contribution in [1.82, 2.24) is 10.3 Å². The highest BCUT2D eigenvalue weighted by atomic mass is 16.5. The lowest BCUT2D eigenvalue weighted by Gasteiger charge is -2.16. The first-order valence-corrected chi connectivity index (χ1v) is 11.2. The second kappa shape index (κ2) is 12.6. The number of nitrogens with one attached hydrogen (secondary N) is 2. The number of pyridine rings is 1. The van der Waals surface area contributed by atoms with E-state index in [1.165, 1.54) is 6.07 Å². The molecule has 0 aliphatic heterocycles. The van der Waals surface area contributed by atoms with E-state index in [0.717, 1.165) is 12.0 Å². The second-order valence-electron chi connectivity index (χ2n) is 7.85. The van der Waals surface area contributed by atoms with E-state index in [9.17, 15) is 14.7 Å². The van der Waals surface area contributed by atoms with Gasteiger partial charge in [0.05, 0.1) is 32.8 Å². The fourth-order valence-corrected chi connectivity index (χ4v) is 3.49. The van der Waals surface area contributed by atoms with E-state index in [4.69, 9.17) is 24.7 Å². The van der Waals surface area contributed by atoms with Crippen molar-refractivity contribution >= 4 is 16.8 Å². The minimum absolute atomic E-state index is 0.0550. The van der Waals surface area contributed by atoms with Gasteiger partial charge >= 0.3 is 0 Å². The van der Waals surface area contributed by atoms with Gasteiger partial charge in [-0.1, -0.05) is 6.07 Å². The molecule has 0 radical (unpaired) electrons. The SMILES string of the molecule is COc1ccc(CCNCC(O)COc2ccc(OCCC(N)=O)c3[nH]c(=O)ccc23)cc1OC. The Hall–Kier alpha value is -3.76. The second-order valence-corrected chi connectivity index (χ2v) is 7.85. The topological polar surface area (TPSA) is 145 Å². The van der Waals surface area contributed by atoms with Crippen molar-refractivity contribution in [3.8, 4) is 23.0 Å². The molecule has 2 aromatic carbocycles. The number of aromatic nitrogens is 1. The molecule has 0 aliphatic carbocycles. The fourth-order valence-electron chi connectivity index (χ4n) is 3.49. The summed E-state index contributed by atoms with van der Waals surface area (Å²) >= 11 is 0. The molecule has 35 heavy (non-hydrogen) atoms. The summed E-state index contributed by atoms with van der Waals surface area (Å²) in [6.07, 6.45) is 0.0650. The highest BCUT2D eigenvalue weighted by Crippen LogP contribution is 2.31. The number of methoxy groups -OCH3 is 2. The van der Waals surface area contributed by atoms with E-state index in [1.807, 2.05) is 18.2 Å². The van der Waals surface area contributed by atoms with Crippen molar-refractivity contribution in [2.24, 2.45) is 5.73 Å². The molecule has 0 spiro atoms. The van der Waals surface area contributed by atoms with Crippen molar-refractivity contribution < 1.29 is 28.8 Å². The number of benzene rings is 2. The zero-order chi connectivity index (χ0) is 25.2. The Labute approximate surface area is 203 Å². The average Bonchev–Trinajstić information content (AvgIpc) is 2.85. The average molecular weight is 486 g/mol. The molecular formula is C25H31N3O7. The smallest absolute Gasteiger partial charge is 0.248 e. The number of aliphatic hydroxyl groups is 1. The molecule has 10 heteroatoms. The quantitative estimate of drug-likeness (QED) is 0.251. The fraction of sp³-hybridized carbons (Fsp3) is 0.360. The van der Waals surface area contributed by atoms with Crippen LogP contribution in [0, 0.1) is 0 Å². The largest absolute Gasteiger partial charge is 0.493 e. The molecule has 0 saturated carbocycles. The highest BCUT2D eigenvalue weighted by Gasteiger charge is 2.12. The summed E-state index contributed by atoms with van der Waals surface area (Å²) in [5.74, 6) is 1.77. The molecule has 0 aliphatic rings. The Bertz CT molecular complexity index is 1200. The van der Waals surface area contributed by atoms with Crippen LogP contribution in [-0.2, 0) is 11.2 Å². The van der Waals surface area contributed by atoms with Crippen molar-refractivity contribution in [1.29, 1.82) is 0 Å². The van der Waals surface area contributed by atoms with Crippen LogP contribution >= 0.6 is 0 Å². The van der Waals surface area contributed by atoms with Crippen LogP contribution in [0.15, 0.2) is 47.3 Å². The number of amides is 1. The summed E-state index contributed by atoms with van der Waals surface area (Å²) < 4.78 is 22.0. The van der Waals surface area contributed by atoms with Gasteiger partial charge in [-0.2, -0.15) is 0 Å². The minimum atomic E-state index is -0.746. The number of carbonyl (C=O) groups is 1. The molecule has 0 saturated heterocycles. The van der Waals surface area contributed by atoms with Crippen molar-refractivity contribution in [3.63, 3.8) is 0 Å². The Balaban J connectivity index is 1.52. The highest BCUT2D eigenvalue weighted by molar-refractivity contribution is 5.89. The van der Waals surface area contributed by atoms with Gasteiger partial charge in [0.15, 0.2) is 11.5 Å². The first kappa shape index (κ1) is 25.9. The van der Waals surface area contributed by atoms with Crippen LogP contribution in [-0.4, -0.2) is 62.6 Å². The number of fused-ring (bicyclic) bond motifs is 1. The molecule has 1 unspecified atom stereocenters. The number of hydrogen-bond donors (Lipinski definition) is 4. The maximum Gasteiger partial charge on any atom is 0.248 e. The molecule has 3 rings (SSSR count). The molecule has 1 aromatic heterocycles. The van der Waals surface area contributed by atoms with Gasteiger partial charge in [0.2, 0.25) is 11.5 Å². The number of nitrogens with two attached hydrogens (primary N) is 1. The van der Waals surface area contributed by atoms with E-state index >= 15 is 0 Å². The van der Waals surface area contributed by atoms with Gasteiger partial charge in [-0.25, -0.2) is 0 Å². The van der Waals surface area contributed by atoms with Crippen LogP contribution in [0.4, 0.5) is 0 Å². The predicted octanol–water partition coefficient (Wildman–Crippen LogP) is 1.37. The summed E-state index contributed by atoms with van der Waals surface area (Å²) in [7, 11) is 3.20. The number of H-pyrrole nitrogens is 1. The minimum Gasteiger partial charge on any atom is -0.493 e. The van der Waals surface area contributed by atoms with Crippen LogP contribution in [0.1, 0.15) is 12.0 Å². The van der Waals surface area contributed by atoms with Crippen molar-refractivity contribution in [2.75, 3.05) is 40.5 Å². The van der Waals surface area contributed by atoms with Gasteiger partial charge in [-0.05, 0) is 48.9 Å².